The molecule has 166 valence electrons. The molecule has 2 aliphatic rings. The number of nitrogens with zero attached hydrogens (tertiary/aromatic N) is 3. The van der Waals surface area contributed by atoms with Gasteiger partial charge < -0.3 is 14.8 Å². The first-order chi connectivity index (χ1) is 15.7. The van der Waals surface area contributed by atoms with Crippen molar-refractivity contribution >= 4 is 23.4 Å². The van der Waals surface area contributed by atoms with Crippen LogP contribution >= 0.6 is 11.8 Å². The number of hydrogen-bond donors (Lipinski definition) is 1. The molecule has 8 heteroatoms. The molecule has 1 aliphatic carbocycles. The first-order valence-corrected chi connectivity index (χ1v) is 12.1. The van der Waals surface area contributed by atoms with E-state index in [-0.39, 0.29) is 11.7 Å². The summed E-state index contributed by atoms with van der Waals surface area (Å²) in [6, 6.07) is 14.2. The Hall–Kier alpha value is -3.00. The SMILES string of the molecule is CCc1ccc(NC(=O)CSc2nnc(-c3ccc4c(c3)OCCCO4)n2C2CC2)cc1. The molecule has 1 saturated carbocycles. The number of fused-ring (bicyclic) bond motifs is 1. The fourth-order valence-corrected chi connectivity index (χ4v) is 4.49. The highest BCUT2D eigenvalue weighted by atomic mass is 32.2. The molecular weight excluding hydrogens is 424 g/mol. The number of thioether (sulfide) groups is 1. The van der Waals surface area contributed by atoms with Crippen LogP contribution in [0.1, 0.15) is 37.8 Å². The normalized spacial score (nSPS) is 15.3. The largest absolute Gasteiger partial charge is 0.490 e. The third-order valence-electron chi connectivity index (χ3n) is 5.56. The van der Waals surface area contributed by atoms with E-state index < -0.39 is 0 Å². The van der Waals surface area contributed by atoms with Crippen molar-refractivity contribution in [1.82, 2.24) is 14.8 Å². The van der Waals surface area contributed by atoms with Gasteiger partial charge in [0.25, 0.3) is 0 Å². The van der Waals surface area contributed by atoms with Gasteiger partial charge in [0.1, 0.15) is 0 Å². The molecule has 1 N–H and O–H groups in total. The number of carbonyl (C=O) groups excluding carboxylic acids is 1. The van der Waals surface area contributed by atoms with Gasteiger partial charge >= 0.3 is 0 Å². The lowest BCUT2D eigenvalue weighted by atomic mass is 10.1. The first kappa shape index (κ1) is 20.9. The van der Waals surface area contributed by atoms with Crippen molar-refractivity contribution < 1.29 is 14.3 Å². The lowest BCUT2D eigenvalue weighted by Gasteiger charge is -2.11. The van der Waals surface area contributed by atoms with Crippen molar-refractivity contribution in [3.8, 4) is 22.9 Å². The molecule has 2 aromatic carbocycles. The molecule has 0 bridgehead atoms. The van der Waals surface area contributed by atoms with Crippen molar-refractivity contribution in [3.63, 3.8) is 0 Å². The first-order valence-electron chi connectivity index (χ1n) is 11.1. The molecule has 0 radical (unpaired) electrons. The second kappa shape index (κ2) is 9.24. The van der Waals surface area contributed by atoms with E-state index in [0.29, 0.717) is 19.3 Å². The minimum Gasteiger partial charge on any atom is -0.490 e. The van der Waals surface area contributed by atoms with Crippen molar-refractivity contribution in [2.45, 2.75) is 43.8 Å². The molecule has 2 heterocycles. The number of benzene rings is 2. The van der Waals surface area contributed by atoms with Gasteiger partial charge in [-0.3, -0.25) is 9.36 Å². The maximum Gasteiger partial charge on any atom is 0.234 e. The van der Waals surface area contributed by atoms with Gasteiger partial charge in [0.15, 0.2) is 22.5 Å². The third-order valence-corrected chi connectivity index (χ3v) is 6.50. The average Bonchev–Trinajstić information content (AvgIpc) is 3.61. The van der Waals surface area contributed by atoms with E-state index in [4.69, 9.17) is 9.47 Å². The van der Waals surface area contributed by atoms with Crippen LogP contribution < -0.4 is 14.8 Å². The molecule has 7 nitrogen and oxygen atoms in total. The Balaban J connectivity index is 1.30. The third kappa shape index (κ3) is 4.60. The van der Waals surface area contributed by atoms with Gasteiger partial charge in [0, 0.05) is 23.7 Å². The summed E-state index contributed by atoms with van der Waals surface area (Å²) in [6.45, 7) is 3.42. The van der Waals surface area contributed by atoms with Crippen LogP contribution in [-0.4, -0.2) is 39.6 Å². The summed E-state index contributed by atoms with van der Waals surface area (Å²) in [5.41, 5.74) is 3.00. The standard InChI is InChI=1S/C24H26N4O3S/c1-2-16-4-7-18(8-5-16)25-22(29)15-32-24-27-26-23(28(24)19-9-10-19)17-6-11-20-21(14-17)31-13-3-12-30-20/h4-8,11,14,19H,2-3,9-10,12-13,15H2,1H3,(H,25,29). The molecule has 5 rings (SSSR count). The average molecular weight is 451 g/mol. The van der Waals surface area contributed by atoms with Crippen molar-refractivity contribution in [2.75, 3.05) is 24.3 Å². The summed E-state index contributed by atoms with van der Waals surface area (Å²) in [7, 11) is 0. The van der Waals surface area contributed by atoms with Crippen LogP contribution in [-0.2, 0) is 11.2 Å². The van der Waals surface area contributed by atoms with Crippen LogP contribution in [0.4, 0.5) is 5.69 Å². The highest BCUT2D eigenvalue weighted by Gasteiger charge is 2.30. The van der Waals surface area contributed by atoms with Gasteiger partial charge in [-0.2, -0.15) is 0 Å². The van der Waals surface area contributed by atoms with Gasteiger partial charge in [-0.15, -0.1) is 10.2 Å². The number of carbonyl (C=O) groups is 1. The minimum absolute atomic E-state index is 0.0540. The van der Waals surface area contributed by atoms with E-state index >= 15 is 0 Å². The second-order valence-corrected chi connectivity index (χ2v) is 8.95. The smallest absolute Gasteiger partial charge is 0.234 e. The number of aryl methyl sites for hydroxylation is 1. The molecular formula is C24H26N4O3S. The Bertz CT molecular complexity index is 1110. The Morgan fingerprint density at radius 2 is 1.88 bits per heavy atom. The monoisotopic (exact) mass is 450 g/mol. The number of rotatable bonds is 7. The van der Waals surface area contributed by atoms with E-state index in [1.165, 1.54) is 17.3 Å². The van der Waals surface area contributed by atoms with Crippen LogP contribution in [0.5, 0.6) is 11.5 Å². The molecule has 0 saturated heterocycles. The van der Waals surface area contributed by atoms with Crippen LogP contribution in [0.15, 0.2) is 47.6 Å². The maximum atomic E-state index is 12.5. The lowest BCUT2D eigenvalue weighted by Crippen LogP contribution is -2.14. The second-order valence-electron chi connectivity index (χ2n) is 8.01. The number of aromatic nitrogens is 3. The Morgan fingerprint density at radius 3 is 2.62 bits per heavy atom. The molecule has 0 atom stereocenters. The Labute approximate surface area is 191 Å². The van der Waals surface area contributed by atoms with Crippen LogP contribution in [0, 0.1) is 0 Å². The van der Waals surface area contributed by atoms with Gasteiger partial charge in [0.2, 0.25) is 5.91 Å². The summed E-state index contributed by atoms with van der Waals surface area (Å²) < 4.78 is 13.7. The fourth-order valence-electron chi connectivity index (χ4n) is 3.69. The van der Waals surface area contributed by atoms with E-state index in [9.17, 15) is 4.79 Å². The van der Waals surface area contributed by atoms with Crippen molar-refractivity contribution in [2.24, 2.45) is 0 Å². The zero-order valence-electron chi connectivity index (χ0n) is 18.0. The van der Waals surface area contributed by atoms with Crippen LogP contribution in [0.2, 0.25) is 0 Å². The molecule has 0 spiro atoms. The molecule has 1 aliphatic heterocycles. The van der Waals surface area contributed by atoms with Crippen LogP contribution in [0.25, 0.3) is 11.4 Å². The van der Waals surface area contributed by atoms with E-state index in [1.54, 1.807) is 0 Å². The summed E-state index contributed by atoms with van der Waals surface area (Å²) in [5.74, 6) is 2.54. The number of ether oxygens (including phenoxy) is 2. The number of nitrogens with one attached hydrogen (secondary N) is 1. The highest BCUT2D eigenvalue weighted by Crippen LogP contribution is 2.42. The zero-order chi connectivity index (χ0) is 21.9. The molecule has 32 heavy (non-hydrogen) atoms. The Morgan fingerprint density at radius 1 is 1.09 bits per heavy atom. The quantitative estimate of drug-likeness (QED) is 0.524. The number of hydrogen-bond acceptors (Lipinski definition) is 6. The molecule has 1 fully saturated rings. The maximum absolute atomic E-state index is 12.5. The summed E-state index contributed by atoms with van der Waals surface area (Å²) in [5, 5.41) is 12.6. The number of amides is 1. The van der Waals surface area contributed by atoms with Gasteiger partial charge in [-0.05, 0) is 55.2 Å². The lowest BCUT2D eigenvalue weighted by molar-refractivity contribution is -0.113. The highest BCUT2D eigenvalue weighted by molar-refractivity contribution is 7.99. The Kier molecular flexibility index (Phi) is 6.03. The fraction of sp³-hybridized carbons (Fsp3) is 0.375. The van der Waals surface area contributed by atoms with Crippen LogP contribution in [0.3, 0.4) is 0 Å². The summed E-state index contributed by atoms with van der Waals surface area (Å²) >= 11 is 1.42. The van der Waals surface area contributed by atoms with E-state index in [0.717, 1.165) is 59.4 Å². The van der Waals surface area contributed by atoms with Crippen molar-refractivity contribution in [3.05, 3.63) is 48.0 Å². The number of anilines is 1. The van der Waals surface area contributed by atoms with Crippen molar-refractivity contribution in [1.29, 1.82) is 0 Å². The molecule has 1 amide bonds. The predicted octanol–water partition coefficient (Wildman–Crippen LogP) is 4.73. The van der Waals surface area contributed by atoms with E-state index in [1.807, 2.05) is 42.5 Å². The molecule has 0 unspecified atom stereocenters. The summed E-state index contributed by atoms with van der Waals surface area (Å²) in [6.07, 6.45) is 4.04. The summed E-state index contributed by atoms with van der Waals surface area (Å²) in [4.78, 5) is 12.5. The van der Waals surface area contributed by atoms with Gasteiger partial charge in [0.05, 0.1) is 19.0 Å². The molecule has 3 aromatic rings. The topological polar surface area (TPSA) is 78.3 Å². The minimum atomic E-state index is -0.0540. The van der Waals surface area contributed by atoms with Gasteiger partial charge in [-0.1, -0.05) is 30.8 Å². The predicted molar refractivity (Wildman–Crippen MR) is 125 cm³/mol. The van der Waals surface area contributed by atoms with Gasteiger partial charge in [-0.25, -0.2) is 0 Å². The zero-order valence-corrected chi connectivity index (χ0v) is 18.9. The van der Waals surface area contributed by atoms with E-state index in [2.05, 4.69) is 27.0 Å². The molecule has 1 aromatic heterocycles.